The number of aromatic nitrogens is 2. The fourth-order valence-electron chi connectivity index (χ4n) is 3.31. The lowest BCUT2D eigenvalue weighted by molar-refractivity contribution is -0.384. The Hall–Kier alpha value is -2.54. The molecule has 6 nitrogen and oxygen atoms in total. The number of aryl methyl sites for hydroxylation is 1. The van der Waals surface area contributed by atoms with Gasteiger partial charge in [-0.1, -0.05) is 6.92 Å². The summed E-state index contributed by atoms with van der Waals surface area (Å²) < 4.78 is 1.97. The van der Waals surface area contributed by atoms with Crippen LogP contribution >= 0.6 is 11.3 Å². The Morgan fingerprint density at radius 3 is 2.79 bits per heavy atom. The number of fused-ring (bicyclic) bond motifs is 3. The normalized spacial score (nSPS) is 17.0. The van der Waals surface area contributed by atoms with Crippen LogP contribution in [0, 0.1) is 16.0 Å². The zero-order valence-corrected chi connectivity index (χ0v) is 13.9. The highest BCUT2D eigenvalue weighted by atomic mass is 32.1. The van der Waals surface area contributed by atoms with E-state index in [2.05, 4.69) is 11.9 Å². The molecule has 3 aromatic rings. The predicted molar refractivity (Wildman–Crippen MR) is 91.7 cm³/mol. The molecule has 0 spiro atoms. The molecule has 2 aromatic heterocycles. The Labute approximate surface area is 141 Å². The Morgan fingerprint density at radius 2 is 2.12 bits per heavy atom. The minimum atomic E-state index is -0.437. The Kier molecular flexibility index (Phi) is 3.45. The maximum atomic E-state index is 11.7. The number of imidazole rings is 1. The van der Waals surface area contributed by atoms with Crippen LogP contribution in [-0.4, -0.2) is 20.6 Å². The van der Waals surface area contributed by atoms with E-state index >= 15 is 0 Å². The second-order valence-corrected chi connectivity index (χ2v) is 7.27. The van der Waals surface area contributed by atoms with Crippen molar-refractivity contribution in [1.29, 1.82) is 0 Å². The Balaban J connectivity index is 1.86. The summed E-state index contributed by atoms with van der Waals surface area (Å²) in [6.07, 6.45) is 3.94. The minimum absolute atomic E-state index is 0.0267. The minimum Gasteiger partial charge on any atom is -0.296 e. The van der Waals surface area contributed by atoms with Crippen molar-refractivity contribution in [2.45, 2.75) is 26.2 Å². The van der Waals surface area contributed by atoms with Crippen molar-refractivity contribution in [1.82, 2.24) is 9.38 Å². The monoisotopic (exact) mass is 341 g/mol. The van der Waals surface area contributed by atoms with Gasteiger partial charge < -0.3 is 0 Å². The van der Waals surface area contributed by atoms with Crippen molar-refractivity contribution >= 4 is 28.3 Å². The molecule has 0 radical (unpaired) electrons. The van der Waals surface area contributed by atoms with Crippen molar-refractivity contribution in [3.63, 3.8) is 0 Å². The van der Waals surface area contributed by atoms with Crippen molar-refractivity contribution in [2.24, 2.45) is 5.92 Å². The molecule has 4 rings (SSSR count). The van der Waals surface area contributed by atoms with E-state index in [1.165, 1.54) is 22.7 Å². The van der Waals surface area contributed by atoms with E-state index < -0.39 is 4.92 Å². The largest absolute Gasteiger partial charge is 0.296 e. The van der Waals surface area contributed by atoms with Gasteiger partial charge in [-0.05, 0) is 37.3 Å². The number of nitro benzene ring substituents is 1. The molecule has 0 amide bonds. The predicted octanol–water partition coefficient (Wildman–Crippen LogP) is 3.91. The maximum absolute atomic E-state index is 11.7. The van der Waals surface area contributed by atoms with Gasteiger partial charge in [0.2, 0.25) is 0 Å². The van der Waals surface area contributed by atoms with Gasteiger partial charge in [-0.2, -0.15) is 0 Å². The molecule has 24 heavy (non-hydrogen) atoms. The molecule has 1 aliphatic carbocycles. The van der Waals surface area contributed by atoms with E-state index in [1.54, 1.807) is 23.5 Å². The van der Waals surface area contributed by atoms with Crippen LogP contribution in [0.3, 0.4) is 0 Å². The summed E-state index contributed by atoms with van der Waals surface area (Å²) in [5, 5.41) is 10.8. The van der Waals surface area contributed by atoms with Gasteiger partial charge in [0, 0.05) is 28.3 Å². The summed E-state index contributed by atoms with van der Waals surface area (Å²) in [6, 6.07) is 6.17. The average molecular weight is 341 g/mol. The first kappa shape index (κ1) is 15.0. The van der Waals surface area contributed by atoms with Crippen LogP contribution < -0.4 is 0 Å². The summed E-state index contributed by atoms with van der Waals surface area (Å²) in [5.74, 6) is 0.662. The van der Waals surface area contributed by atoms with E-state index in [0.29, 0.717) is 17.3 Å². The van der Waals surface area contributed by atoms with Crippen molar-refractivity contribution in [3.8, 4) is 11.3 Å². The van der Waals surface area contributed by atoms with Gasteiger partial charge in [0.05, 0.1) is 4.92 Å². The highest BCUT2D eigenvalue weighted by Gasteiger charge is 2.25. The van der Waals surface area contributed by atoms with E-state index in [4.69, 9.17) is 0 Å². The van der Waals surface area contributed by atoms with Crippen LogP contribution in [0.25, 0.3) is 16.2 Å². The van der Waals surface area contributed by atoms with E-state index in [1.807, 2.05) is 4.40 Å². The molecule has 7 heteroatoms. The molecular weight excluding hydrogens is 326 g/mol. The fraction of sp³-hybridized carbons (Fsp3) is 0.294. The number of thiazole rings is 1. The van der Waals surface area contributed by atoms with Gasteiger partial charge in [0.25, 0.3) is 5.69 Å². The summed E-state index contributed by atoms with van der Waals surface area (Å²) in [6.45, 7) is 2.24. The second-order valence-electron chi connectivity index (χ2n) is 6.21. The number of rotatable bonds is 3. The Bertz CT molecular complexity index is 956. The Morgan fingerprint density at radius 1 is 1.38 bits per heavy atom. The standard InChI is InChI=1S/C17H15N3O3S/c1-10-2-7-13-15(8-10)24-17-18-16(14(9-21)19(13)17)11-3-5-12(6-4-11)20(22)23/h3-6,9-10H,2,7-8H2,1H3. The number of aldehydes is 1. The first-order valence-corrected chi connectivity index (χ1v) is 8.63. The molecular formula is C17H15N3O3S. The smallest absolute Gasteiger partial charge is 0.269 e. The van der Waals surface area contributed by atoms with Crippen molar-refractivity contribution in [2.75, 3.05) is 0 Å². The first-order valence-electron chi connectivity index (χ1n) is 7.81. The average Bonchev–Trinajstić information content (AvgIpc) is 3.09. The fourth-order valence-corrected chi connectivity index (χ4v) is 4.65. The number of non-ortho nitro benzene ring substituents is 1. The maximum Gasteiger partial charge on any atom is 0.269 e. The van der Waals surface area contributed by atoms with Crippen LogP contribution in [0.2, 0.25) is 0 Å². The van der Waals surface area contributed by atoms with Gasteiger partial charge in [-0.15, -0.1) is 11.3 Å². The third-order valence-corrected chi connectivity index (χ3v) is 5.66. The quantitative estimate of drug-likeness (QED) is 0.411. The third kappa shape index (κ3) is 2.24. The summed E-state index contributed by atoms with van der Waals surface area (Å²) in [4.78, 5) is 28.9. The molecule has 1 atom stereocenters. The van der Waals surface area contributed by atoms with Gasteiger partial charge in [0.1, 0.15) is 11.4 Å². The topological polar surface area (TPSA) is 77.5 Å². The number of nitrogens with zero attached hydrogens (tertiary/aromatic N) is 3. The van der Waals surface area contributed by atoms with E-state index in [9.17, 15) is 14.9 Å². The lowest BCUT2D eigenvalue weighted by Crippen LogP contribution is -2.11. The molecule has 1 aromatic carbocycles. The van der Waals surface area contributed by atoms with E-state index in [0.717, 1.165) is 36.1 Å². The first-order chi connectivity index (χ1) is 11.6. The van der Waals surface area contributed by atoms with Gasteiger partial charge in [-0.25, -0.2) is 4.98 Å². The lowest BCUT2D eigenvalue weighted by atomic mass is 9.93. The molecule has 0 bridgehead atoms. The molecule has 122 valence electrons. The molecule has 0 fully saturated rings. The number of carbonyl (C=O) groups is 1. The molecule has 0 saturated heterocycles. The number of benzene rings is 1. The molecule has 1 aliphatic rings. The molecule has 2 heterocycles. The number of hydrogen-bond donors (Lipinski definition) is 0. The summed E-state index contributed by atoms with van der Waals surface area (Å²) in [5.41, 5.74) is 3.06. The summed E-state index contributed by atoms with van der Waals surface area (Å²) in [7, 11) is 0. The van der Waals surface area contributed by atoms with Gasteiger partial charge >= 0.3 is 0 Å². The number of nitro groups is 1. The van der Waals surface area contributed by atoms with Crippen LogP contribution in [0.1, 0.15) is 34.4 Å². The lowest BCUT2D eigenvalue weighted by Gasteiger charge is -2.17. The van der Waals surface area contributed by atoms with Crippen molar-refractivity contribution in [3.05, 3.63) is 50.6 Å². The second kappa shape index (κ2) is 5.52. The molecule has 0 saturated carbocycles. The molecule has 0 N–H and O–H groups in total. The highest BCUT2D eigenvalue weighted by molar-refractivity contribution is 7.17. The molecule has 1 unspecified atom stereocenters. The highest BCUT2D eigenvalue weighted by Crippen LogP contribution is 2.36. The third-order valence-electron chi connectivity index (χ3n) is 4.56. The van der Waals surface area contributed by atoms with Crippen LogP contribution in [0.15, 0.2) is 24.3 Å². The van der Waals surface area contributed by atoms with Crippen LogP contribution in [0.5, 0.6) is 0 Å². The SMILES string of the molecule is CC1CCc2c(sc3nc(-c4ccc([N+](=O)[O-])cc4)c(C=O)n23)C1. The van der Waals surface area contributed by atoms with Gasteiger partial charge in [-0.3, -0.25) is 19.3 Å². The van der Waals surface area contributed by atoms with Crippen molar-refractivity contribution < 1.29 is 9.72 Å². The summed E-state index contributed by atoms with van der Waals surface area (Å²) >= 11 is 1.64. The number of hydrogen-bond acceptors (Lipinski definition) is 5. The van der Waals surface area contributed by atoms with Gasteiger partial charge in [0.15, 0.2) is 11.2 Å². The zero-order valence-electron chi connectivity index (χ0n) is 13.1. The molecule has 0 aliphatic heterocycles. The van der Waals surface area contributed by atoms with E-state index in [-0.39, 0.29) is 5.69 Å². The zero-order chi connectivity index (χ0) is 16.8. The van der Waals surface area contributed by atoms with Crippen LogP contribution in [0.4, 0.5) is 5.69 Å². The van der Waals surface area contributed by atoms with Crippen LogP contribution in [-0.2, 0) is 12.8 Å². The number of carbonyl (C=O) groups excluding carboxylic acids is 1.